The van der Waals surface area contributed by atoms with E-state index in [1.165, 1.54) is 37.6 Å². The molecule has 0 fully saturated rings. The number of methoxy groups -OCH3 is 1. The van der Waals surface area contributed by atoms with Crippen molar-refractivity contribution in [3.63, 3.8) is 0 Å². The third kappa shape index (κ3) is 6.12. The second kappa shape index (κ2) is 10.5. The molecule has 0 aliphatic rings. The van der Waals surface area contributed by atoms with Gasteiger partial charge in [0, 0.05) is 0 Å². The Morgan fingerprint density at radius 2 is 1.64 bits per heavy atom. The van der Waals surface area contributed by atoms with E-state index in [4.69, 9.17) is 16.3 Å². The van der Waals surface area contributed by atoms with Crippen molar-refractivity contribution in [1.82, 2.24) is 5.43 Å². The predicted molar refractivity (Wildman–Crippen MR) is 131 cm³/mol. The second-order valence-corrected chi connectivity index (χ2v) is 9.62. The first kappa shape index (κ1) is 24.3. The number of halogens is 1. The molecule has 0 saturated carbocycles. The molecule has 7 nitrogen and oxygen atoms in total. The fourth-order valence-electron chi connectivity index (χ4n) is 2.96. The molecule has 3 rings (SSSR count). The molecular weight excluding hydrogens is 462 g/mol. The molecule has 1 N–H and O–H groups in total. The molecule has 0 unspecified atom stereocenters. The number of rotatable bonds is 8. The molecule has 0 aromatic heterocycles. The average Bonchev–Trinajstić information content (AvgIpc) is 2.79. The number of hydrogen-bond acceptors (Lipinski definition) is 5. The first-order chi connectivity index (χ1) is 15.7. The highest BCUT2D eigenvalue weighted by atomic mass is 35.5. The molecule has 3 aromatic rings. The van der Waals surface area contributed by atoms with Gasteiger partial charge < -0.3 is 4.74 Å². The van der Waals surface area contributed by atoms with Crippen LogP contribution in [0, 0.1) is 13.8 Å². The maximum atomic E-state index is 13.4. The maximum Gasteiger partial charge on any atom is 0.264 e. The molecule has 0 atom stereocenters. The quantitative estimate of drug-likeness (QED) is 0.380. The van der Waals surface area contributed by atoms with Crippen molar-refractivity contribution < 1.29 is 17.9 Å². The van der Waals surface area contributed by atoms with Crippen molar-refractivity contribution in [3.05, 3.63) is 88.4 Å². The molecule has 3 aromatic carbocycles. The summed E-state index contributed by atoms with van der Waals surface area (Å²) in [6.07, 6.45) is 1.49. The zero-order valence-corrected chi connectivity index (χ0v) is 20.0. The number of benzene rings is 3. The number of ether oxygens (including phenoxy) is 1. The van der Waals surface area contributed by atoms with Gasteiger partial charge in [-0.05, 0) is 49.7 Å². The number of sulfonamides is 1. The molecule has 0 aliphatic carbocycles. The minimum absolute atomic E-state index is 0.0518. The van der Waals surface area contributed by atoms with Gasteiger partial charge in [-0.25, -0.2) is 13.8 Å². The Kier molecular flexibility index (Phi) is 7.73. The molecule has 0 spiro atoms. The van der Waals surface area contributed by atoms with Crippen LogP contribution in [0.25, 0.3) is 0 Å². The Morgan fingerprint density at radius 1 is 1.03 bits per heavy atom. The monoisotopic (exact) mass is 485 g/mol. The van der Waals surface area contributed by atoms with Crippen LogP contribution in [0.15, 0.2) is 76.7 Å². The lowest BCUT2D eigenvalue weighted by Gasteiger charge is -2.24. The van der Waals surface area contributed by atoms with Crippen LogP contribution in [0.4, 0.5) is 5.69 Å². The molecular formula is C24H24ClN3O4S. The Labute approximate surface area is 198 Å². The minimum atomic E-state index is -4.06. The molecule has 0 aliphatic heterocycles. The van der Waals surface area contributed by atoms with Crippen LogP contribution in [0.1, 0.15) is 16.7 Å². The van der Waals surface area contributed by atoms with E-state index in [1.54, 1.807) is 18.2 Å². The topological polar surface area (TPSA) is 88.1 Å². The highest BCUT2D eigenvalue weighted by molar-refractivity contribution is 7.92. The van der Waals surface area contributed by atoms with E-state index in [0.717, 1.165) is 21.0 Å². The van der Waals surface area contributed by atoms with Crippen LogP contribution in [0.3, 0.4) is 0 Å². The lowest BCUT2D eigenvalue weighted by Crippen LogP contribution is -2.39. The van der Waals surface area contributed by atoms with E-state index in [0.29, 0.717) is 5.75 Å². The lowest BCUT2D eigenvalue weighted by atomic mass is 10.2. The summed E-state index contributed by atoms with van der Waals surface area (Å²) < 4.78 is 32.9. The summed E-state index contributed by atoms with van der Waals surface area (Å²) in [5.74, 6) is -0.221. The fourth-order valence-corrected chi connectivity index (χ4v) is 4.62. The van der Waals surface area contributed by atoms with Gasteiger partial charge in [0.15, 0.2) is 0 Å². The number of amides is 1. The summed E-state index contributed by atoms with van der Waals surface area (Å²) in [5, 5.41) is 4.16. The zero-order chi connectivity index (χ0) is 24.0. The molecule has 9 heteroatoms. The highest BCUT2D eigenvalue weighted by Gasteiger charge is 2.27. The van der Waals surface area contributed by atoms with Gasteiger partial charge in [-0.3, -0.25) is 9.10 Å². The van der Waals surface area contributed by atoms with Gasteiger partial charge in [0.2, 0.25) is 0 Å². The van der Waals surface area contributed by atoms with Crippen molar-refractivity contribution >= 4 is 39.4 Å². The average molecular weight is 486 g/mol. The number of carbonyl (C=O) groups is 1. The van der Waals surface area contributed by atoms with E-state index in [-0.39, 0.29) is 15.6 Å². The lowest BCUT2D eigenvalue weighted by molar-refractivity contribution is -0.119. The van der Waals surface area contributed by atoms with E-state index in [1.807, 2.05) is 38.1 Å². The van der Waals surface area contributed by atoms with Gasteiger partial charge >= 0.3 is 0 Å². The van der Waals surface area contributed by atoms with Gasteiger partial charge in [-0.2, -0.15) is 5.10 Å². The Morgan fingerprint density at radius 3 is 2.21 bits per heavy atom. The number of hydrogen-bond donors (Lipinski definition) is 1. The number of aryl methyl sites for hydroxylation is 2. The Hall–Kier alpha value is -3.36. The van der Waals surface area contributed by atoms with Crippen LogP contribution >= 0.6 is 11.6 Å². The van der Waals surface area contributed by atoms with Crippen LogP contribution in [0.2, 0.25) is 5.02 Å². The van der Waals surface area contributed by atoms with Crippen LogP contribution in [-0.2, 0) is 14.8 Å². The number of nitrogens with zero attached hydrogens (tertiary/aromatic N) is 2. The molecule has 0 radical (unpaired) electrons. The summed E-state index contributed by atoms with van der Waals surface area (Å²) in [5.41, 5.74) is 5.42. The zero-order valence-electron chi connectivity index (χ0n) is 18.4. The number of nitrogens with one attached hydrogen (secondary N) is 1. The van der Waals surface area contributed by atoms with Crippen molar-refractivity contribution in [2.24, 2.45) is 5.10 Å². The van der Waals surface area contributed by atoms with Crippen LogP contribution < -0.4 is 14.5 Å². The van der Waals surface area contributed by atoms with Crippen molar-refractivity contribution in [2.45, 2.75) is 18.7 Å². The standard InChI is InChI=1S/C24H24ClN3O4S/c1-17-4-8-19(9-5-17)15-26-27-24(29)16-28(20-10-13-23(32-3)22(25)14-20)33(30,31)21-11-6-18(2)7-12-21/h4-15H,16H2,1-3H3,(H,27,29)/b26-15-. The maximum absolute atomic E-state index is 13.4. The third-order valence-corrected chi connectivity index (χ3v) is 6.88. The Balaban J connectivity index is 1.88. The number of anilines is 1. The van der Waals surface area contributed by atoms with Gasteiger partial charge in [-0.1, -0.05) is 59.1 Å². The molecule has 1 amide bonds. The molecule has 33 heavy (non-hydrogen) atoms. The van der Waals surface area contributed by atoms with Crippen molar-refractivity contribution in [3.8, 4) is 5.75 Å². The summed E-state index contributed by atoms with van der Waals surface area (Å²) >= 11 is 6.22. The minimum Gasteiger partial charge on any atom is -0.495 e. The Bertz CT molecular complexity index is 1260. The first-order valence-electron chi connectivity index (χ1n) is 10.0. The normalized spacial score (nSPS) is 11.4. The van der Waals surface area contributed by atoms with Gasteiger partial charge in [-0.15, -0.1) is 0 Å². The van der Waals surface area contributed by atoms with Gasteiger partial charge in [0.25, 0.3) is 15.9 Å². The molecule has 0 bridgehead atoms. The van der Waals surface area contributed by atoms with Crippen LogP contribution in [-0.4, -0.2) is 34.2 Å². The number of carbonyl (C=O) groups excluding carboxylic acids is 1. The predicted octanol–water partition coefficient (Wildman–Crippen LogP) is 4.31. The van der Waals surface area contributed by atoms with E-state index in [2.05, 4.69) is 10.5 Å². The van der Waals surface area contributed by atoms with Gasteiger partial charge in [0.05, 0.1) is 28.9 Å². The molecule has 0 saturated heterocycles. The van der Waals surface area contributed by atoms with Crippen molar-refractivity contribution in [2.75, 3.05) is 18.0 Å². The van der Waals surface area contributed by atoms with Crippen LogP contribution in [0.5, 0.6) is 5.75 Å². The molecule has 172 valence electrons. The first-order valence-corrected chi connectivity index (χ1v) is 11.8. The number of hydrazone groups is 1. The van der Waals surface area contributed by atoms with E-state index in [9.17, 15) is 13.2 Å². The summed E-state index contributed by atoms with van der Waals surface area (Å²) in [6, 6.07) is 18.5. The summed E-state index contributed by atoms with van der Waals surface area (Å²) in [4.78, 5) is 12.7. The SMILES string of the molecule is COc1ccc(N(CC(=O)N/N=C\c2ccc(C)cc2)S(=O)(=O)c2ccc(C)cc2)cc1Cl. The molecule has 0 heterocycles. The van der Waals surface area contributed by atoms with Gasteiger partial charge in [0.1, 0.15) is 12.3 Å². The fraction of sp³-hybridized carbons (Fsp3) is 0.167. The van der Waals surface area contributed by atoms with Crippen molar-refractivity contribution in [1.29, 1.82) is 0 Å². The van der Waals surface area contributed by atoms with E-state index >= 15 is 0 Å². The largest absolute Gasteiger partial charge is 0.495 e. The van der Waals surface area contributed by atoms with E-state index < -0.39 is 22.5 Å². The third-order valence-electron chi connectivity index (χ3n) is 4.80. The highest BCUT2D eigenvalue weighted by Crippen LogP contribution is 2.31. The second-order valence-electron chi connectivity index (χ2n) is 7.35. The summed E-state index contributed by atoms with van der Waals surface area (Å²) in [6.45, 7) is 3.33. The smallest absolute Gasteiger partial charge is 0.264 e. The summed E-state index contributed by atoms with van der Waals surface area (Å²) in [7, 11) is -2.60.